The summed E-state index contributed by atoms with van der Waals surface area (Å²) in [6, 6.07) is 3.54. The van der Waals surface area contributed by atoms with Gasteiger partial charge in [-0.15, -0.1) is 0 Å². The standard InChI is InChI=1S/C15H19BrN2O5/c1-14(2,3)23-13(21)18-8-15(9-18,22-7-11(19)20)10-5-4-6-17-12(10)16/h4-6H,7-9H2,1-3H3,(H,19,20). The molecule has 1 aromatic rings. The van der Waals surface area contributed by atoms with E-state index in [1.165, 1.54) is 4.90 Å². The first kappa shape index (κ1) is 17.7. The largest absolute Gasteiger partial charge is 0.480 e. The van der Waals surface area contributed by atoms with Crippen molar-refractivity contribution in [2.75, 3.05) is 19.7 Å². The van der Waals surface area contributed by atoms with Crippen molar-refractivity contribution in [2.24, 2.45) is 0 Å². The third-order valence-electron chi connectivity index (χ3n) is 3.27. The molecule has 1 saturated heterocycles. The molecule has 7 nitrogen and oxygen atoms in total. The number of carboxylic acid groups (broad SMARTS) is 1. The quantitative estimate of drug-likeness (QED) is 0.799. The fourth-order valence-electron chi connectivity index (χ4n) is 2.29. The molecule has 0 aliphatic carbocycles. The van der Waals surface area contributed by atoms with E-state index >= 15 is 0 Å². The first-order chi connectivity index (χ1) is 10.6. The molecule has 0 saturated carbocycles. The Kier molecular flexibility index (Phi) is 4.95. The van der Waals surface area contributed by atoms with Gasteiger partial charge in [0.25, 0.3) is 0 Å². The van der Waals surface area contributed by atoms with Gasteiger partial charge in [0.05, 0.1) is 13.1 Å². The Morgan fingerprint density at radius 1 is 1.43 bits per heavy atom. The third-order valence-corrected chi connectivity index (χ3v) is 3.90. The van der Waals surface area contributed by atoms with Crippen LogP contribution in [0.5, 0.6) is 0 Å². The van der Waals surface area contributed by atoms with Gasteiger partial charge in [-0.25, -0.2) is 14.6 Å². The number of rotatable bonds is 4. The van der Waals surface area contributed by atoms with Crippen LogP contribution < -0.4 is 0 Å². The van der Waals surface area contributed by atoms with Crippen molar-refractivity contribution in [1.82, 2.24) is 9.88 Å². The van der Waals surface area contributed by atoms with Gasteiger partial charge in [-0.1, -0.05) is 6.07 Å². The zero-order valence-corrected chi connectivity index (χ0v) is 14.8. The minimum atomic E-state index is -1.07. The van der Waals surface area contributed by atoms with E-state index in [1.807, 2.05) is 0 Å². The number of ether oxygens (including phenoxy) is 2. The van der Waals surface area contributed by atoms with E-state index in [0.29, 0.717) is 10.2 Å². The lowest BCUT2D eigenvalue weighted by molar-refractivity contribution is -0.170. The molecule has 1 aromatic heterocycles. The van der Waals surface area contributed by atoms with Gasteiger partial charge in [0.1, 0.15) is 22.4 Å². The lowest BCUT2D eigenvalue weighted by Gasteiger charge is -2.49. The van der Waals surface area contributed by atoms with E-state index < -0.39 is 29.9 Å². The Bertz CT molecular complexity index is 608. The van der Waals surface area contributed by atoms with Crippen LogP contribution in [0.2, 0.25) is 0 Å². The summed E-state index contributed by atoms with van der Waals surface area (Å²) in [5, 5.41) is 8.88. The number of aliphatic carboxylic acids is 1. The van der Waals surface area contributed by atoms with Crippen LogP contribution in [0.1, 0.15) is 26.3 Å². The number of hydrogen-bond acceptors (Lipinski definition) is 5. The monoisotopic (exact) mass is 386 g/mol. The lowest BCUT2D eigenvalue weighted by atomic mass is 9.87. The number of pyridine rings is 1. The topological polar surface area (TPSA) is 89.0 Å². The predicted octanol–water partition coefficient (Wildman–Crippen LogP) is 2.39. The Morgan fingerprint density at radius 3 is 2.61 bits per heavy atom. The van der Waals surface area contributed by atoms with Crippen LogP contribution in [-0.4, -0.2) is 52.4 Å². The highest BCUT2D eigenvalue weighted by molar-refractivity contribution is 9.10. The molecule has 1 amide bonds. The summed E-state index contributed by atoms with van der Waals surface area (Å²) in [7, 11) is 0. The Hall–Kier alpha value is -1.67. The highest BCUT2D eigenvalue weighted by Crippen LogP contribution is 2.39. The number of likely N-dealkylation sites (tertiary alicyclic amines) is 1. The van der Waals surface area contributed by atoms with Gasteiger partial charge in [-0.05, 0) is 42.8 Å². The molecule has 0 aromatic carbocycles. The Morgan fingerprint density at radius 2 is 2.09 bits per heavy atom. The van der Waals surface area contributed by atoms with E-state index in [-0.39, 0.29) is 13.1 Å². The fourth-order valence-corrected chi connectivity index (χ4v) is 2.90. The average molecular weight is 387 g/mol. The maximum absolute atomic E-state index is 12.1. The van der Waals surface area contributed by atoms with Gasteiger partial charge >= 0.3 is 12.1 Å². The minimum Gasteiger partial charge on any atom is -0.480 e. The Labute approximate surface area is 142 Å². The van der Waals surface area contributed by atoms with Gasteiger partial charge in [-0.3, -0.25) is 0 Å². The van der Waals surface area contributed by atoms with Crippen LogP contribution in [-0.2, 0) is 19.9 Å². The number of aromatic nitrogens is 1. The summed E-state index contributed by atoms with van der Waals surface area (Å²) in [5.41, 5.74) is -0.782. The molecule has 8 heteroatoms. The van der Waals surface area contributed by atoms with Crippen LogP contribution in [0.25, 0.3) is 0 Å². The summed E-state index contributed by atoms with van der Waals surface area (Å²) >= 11 is 3.35. The molecule has 126 valence electrons. The molecule has 0 radical (unpaired) electrons. The van der Waals surface area contributed by atoms with Crippen molar-refractivity contribution in [2.45, 2.75) is 32.0 Å². The molecule has 1 aliphatic heterocycles. The molecular formula is C15H19BrN2O5. The maximum Gasteiger partial charge on any atom is 0.410 e. The number of halogens is 1. The number of carbonyl (C=O) groups is 2. The number of carboxylic acids is 1. The second-order valence-electron chi connectivity index (χ2n) is 6.35. The van der Waals surface area contributed by atoms with E-state index in [4.69, 9.17) is 14.6 Å². The average Bonchev–Trinajstić information content (AvgIpc) is 2.36. The van der Waals surface area contributed by atoms with Crippen LogP contribution in [0.3, 0.4) is 0 Å². The van der Waals surface area contributed by atoms with Crippen molar-refractivity contribution >= 4 is 28.0 Å². The highest BCUT2D eigenvalue weighted by Gasteiger charge is 2.50. The van der Waals surface area contributed by atoms with E-state index in [0.717, 1.165) is 0 Å². The van der Waals surface area contributed by atoms with Crippen molar-refractivity contribution in [3.8, 4) is 0 Å². The van der Waals surface area contributed by atoms with Gasteiger partial charge in [0.15, 0.2) is 0 Å². The minimum absolute atomic E-state index is 0.208. The van der Waals surface area contributed by atoms with Crippen LogP contribution in [0.15, 0.2) is 22.9 Å². The maximum atomic E-state index is 12.1. The van der Waals surface area contributed by atoms with Crippen molar-refractivity contribution in [3.05, 3.63) is 28.5 Å². The molecule has 1 N–H and O–H groups in total. The van der Waals surface area contributed by atoms with E-state index in [2.05, 4.69) is 20.9 Å². The summed E-state index contributed by atoms with van der Waals surface area (Å²) in [6.07, 6.45) is 1.16. The molecule has 0 spiro atoms. The number of amides is 1. The molecule has 0 bridgehead atoms. The number of carbonyl (C=O) groups excluding carboxylic acids is 1. The van der Waals surface area contributed by atoms with Gasteiger partial charge < -0.3 is 19.5 Å². The summed E-state index contributed by atoms with van der Waals surface area (Å²) < 4.78 is 11.5. The fraction of sp³-hybridized carbons (Fsp3) is 0.533. The third kappa shape index (κ3) is 4.20. The number of nitrogens with zero attached hydrogens (tertiary/aromatic N) is 2. The first-order valence-corrected chi connectivity index (χ1v) is 7.87. The van der Waals surface area contributed by atoms with Crippen molar-refractivity contribution in [1.29, 1.82) is 0 Å². The second-order valence-corrected chi connectivity index (χ2v) is 7.11. The molecule has 23 heavy (non-hydrogen) atoms. The molecule has 2 rings (SSSR count). The smallest absolute Gasteiger partial charge is 0.410 e. The molecule has 0 atom stereocenters. The molecule has 1 aliphatic rings. The first-order valence-electron chi connectivity index (χ1n) is 7.08. The van der Waals surface area contributed by atoms with Crippen molar-refractivity contribution < 1.29 is 24.2 Å². The molecule has 0 unspecified atom stereocenters. The zero-order chi connectivity index (χ0) is 17.3. The normalized spacial score (nSPS) is 16.6. The van der Waals surface area contributed by atoms with E-state index in [1.54, 1.807) is 39.1 Å². The SMILES string of the molecule is CC(C)(C)OC(=O)N1CC(OCC(=O)O)(c2cccnc2Br)C1. The van der Waals surface area contributed by atoms with Crippen LogP contribution >= 0.6 is 15.9 Å². The number of hydrogen-bond donors (Lipinski definition) is 1. The van der Waals surface area contributed by atoms with E-state index in [9.17, 15) is 9.59 Å². The molecule has 1 fully saturated rings. The zero-order valence-electron chi connectivity index (χ0n) is 13.2. The second kappa shape index (κ2) is 6.45. The van der Waals surface area contributed by atoms with Crippen molar-refractivity contribution in [3.63, 3.8) is 0 Å². The predicted molar refractivity (Wildman–Crippen MR) is 85.0 cm³/mol. The summed E-state index contributed by atoms with van der Waals surface area (Å²) in [6.45, 7) is 5.33. The highest BCUT2D eigenvalue weighted by atomic mass is 79.9. The van der Waals surface area contributed by atoms with Crippen LogP contribution in [0.4, 0.5) is 4.79 Å². The van der Waals surface area contributed by atoms with Gasteiger partial charge in [0, 0.05) is 11.8 Å². The molecule has 2 heterocycles. The molecular weight excluding hydrogens is 368 g/mol. The van der Waals surface area contributed by atoms with Crippen LogP contribution in [0, 0.1) is 0 Å². The lowest BCUT2D eigenvalue weighted by Crippen LogP contribution is -2.63. The Balaban J connectivity index is 2.15. The summed E-state index contributed by atoms with van der Waals surface area (Å²) in [5.74, 6) is -1.07. The summed E-state index contributed by atoms with van der Waals surface area (Å²) in [4.78, 5) is 28.6. The van der Waals surface area contributed by atoms with Gasteiger partial charge in [-0.2, -0.15) is 0 Å². The van der Waals surface area contributed by atoms with Gasteiger partial charge in [0.2, 0.25) is 0 Å².